The number of ether oxygens (including phenoxy) is 1. The van der Waals surface area contributed by atoms with Crippen LogP contribution in [-0.2, 0) is 4.79 Å². The molecule has 0 spiro atoms. The first kappa shape index (κ1) is 22.6. The molecule has 1 N–H and O–H groups in total. The number of hydrogen-bond acceptors (Lipinski definition) is 4. The summed E-state index contributed by atoms with van der Waals surface area (Å²) in [6, 6.07) is 16.3. The number of rotatable bonds is 9. The Morgan fingerprint density at radius 1 is 1.10 bits per heavy atom. The summed E-state index contributed by atoms with van der Waals surface area (Å²) in [7, 11) is 1.73. The first-order valence-electron chi connectivity index (χ1n) is 10.5. The second kappa shape index (κ2) is 12.0. The van der Waals surface area contributed by atoms with E-state index in [1.165, 1.54) is 9.26 Å². The van der Waals surface area contributed by atoms with Gasteiger partial charge in [0, 0.05) is 42.4 Å². The van der Waals surface area contributed by atoms with Gasteiger partial charge in [-0.3, -0.25) is 9.69 Å². The van der Waals surface area contributed by atoms with Crippen LogP contribution in [0.4, 0.5) is 5.69 Å². The molecule has 3 rings (SSSR count). The average Bonchev–Trinajstić information content (AvgIpc) is 2.78. The molecule has 30 heavy (non-hydrogen) atoms. The van der Waals surface area contributed by atoms with Crippen LogP contribution in [0.3, 0.4) is 0 Å². The molecule has 2 aromatic carbocycles. The highest BCUT2D eigenvalue weighted by molar-refractivity contribution is 14.1. The Morgan fingerprint density at radius 2 is 1.90 bits per heavy atom. The molecular weight excluding hydrogens is 489 g/mol. The largest absolute Gasteiger partial charge is 0.495 e. The molecule has 1 saturated heterocycles. The summed E-state index contributed by atoms with van der Waals surface area (Å²) in [5.41, 5.74) is 2.23. The van der Waals surface area contributed by atoms with Crippen LogP contribution in [0.5, 0.6) is 5.75 Å². The van der Waals surface area contributed by atoms with Crippen LogP contribution >= 0.6 is 22.6 Å². The van der Waals surface area contributed by atoms with Gasteiger partial charge in [-0.15, -0.1) is 0 Å². The van der Waals surface area contributed by atoms with Gasteiger partial charge < -0.3 is 15.0 Å². The van der Waals surface area contributed by atoms with Crippen molar-refractivity contribution >= 4 is 40.3 Å². The van der Waals surface area contributed by atoms with E-state index in [4.69, 9.17) is 4.74 Å². The Balaban J connectivity index is 1.30. The van der Waals surface area contributed by atoms with E-state index in [1.807, 2.05) is 36.4 Å². The van der Waals surface area contributed by atoms with Gasteiger partial charge in [0.05, 0.1) is 12.8 Å². The van der Waals surface area contributed by atoms with E-state index < -0.39 is 0 Å². The zero-order chi connectivity index (χ0) is 21.2. The fourth-order valence-electron chi connectivity index (χ4n) is 3.62. The Bertz CT molecular complexity index is 848. The van der Waals surface area contributed by atoms with Crippen molar-refractivity contribution < 1.29 is 9.53 Å². The van der Waals surface area contributed by atoms with E-state index in [-0.39, 0.29) is 5.91 Å². The molecule has 2 aromatic rings. The molecule has 1 fully saturated rings. The maximum Gasteiger partial charge on any atom is 0.243 e. The van der Waals surface area contributed by atoms with Crippen LogP contribution in [0.15, 0.2) is 54.6 Å². The topological polar surface area (TPSA) is 44.8 Å². The van der Waals surface area contributed by atoms with Crippen molar-refractivity contribution in [2.45, 2.75) is 12.8 Å². The number of carbonyl (C=O) groups excluding carboxylic acids is 1. The average molecular weight is 519 g/mol. The summed E-state index contributed by atoms with van der Waals surface area (Å²) in [5, 5.41) is 2.98. The summed E-state index contributed by atoms with van der Waals surface area (Å²) >= 11 is 2.27. The SMILES string of the molecule is COc1ccccc1N1CCN(CCCCNC(=O)/C=C/c2cccc(I)c2)CC1. The second-order valence-corrected chi connectivity index (χ2v) is 8.63. The fourth-order valence-corrected chi connectivity index (χ4v) is 4.18. The van der Waals surface area contributed by atoms with E-state index in [9.17, 15) is 4.79 Å². The van der Waals surface area contributed by atoms with Crippen molar-refractivity contribution in [1.29, 1.82) is 0 Å². The van der Waals surface area contributed by atoms with Crippen molar-refractivity contribution in [2.24, 2.45) is 0 Å². The molecule has 0 unspecified atom stereocenters. The standard InChI is InChI=1S/C24H30IN3O2/c1-30-23-10-3-2-9-22(23)28-17-15-27(16-18-28)14-5-4-13-26-24(29)12-11-20-7-6-8-21(25)19-20/h2-3,6-12,19H,4-5,13-18H2,1H3,(H,26,29)/b12-11+. The molecule has 160 valence electrons. The van der Waals surface area contributed by atoms with Gasteiger partial charge >= 0.3 is 0 Å². The predicted octanol–water partition coefficient (Wildman–Crippen LogP) is 4.03. The van der Waals surface area contributed by atoms with Gasteiger partial charge in [-0.05, 0) is 77.9 Å². The van der Waals surface area contributed by atoms with Crippen LogP contribution in [0.1, 0.15) is 18.4 Å². The van der Waals surface area contributed by atoms with E-state index in [0.29, 0.717) is 0 Å². The number of amides is 1. The molecule has 5 nitrogen and oxygen atoms in total. The van der Waals surface area contributed by atoms with E-state index in [1.54, 1.807) is 13.2 Å². The fraction of sp³-hybridized carbons (Fsp3) is 0.375. The third-order valence-electron chi connectivity index (χ3n) is 5.27. The summed E-state index contributed by atoms with van der Waals surface area (Å²) < 4.78 is 6.65. The number of nitrogens with one attached hydrogen (secondary N) is 1. The van der Waals surface area contributed by atoms with Gasteiger partial charge in [0.1, 0.15) is 5.75 Å². The van der Waals surface area contributed by atoms with E-state index in [2.05, 4.69) is 55.9 Å². The molecule has 0 saturated carbocycles. The maximum atomic E-state index is 12.0. The quantitative estimate of drug-likeness (QED) is 0.309. The number of halogens is 1. The van der Waals surface area contributed by atoms with Crippen molar-refractivity contribution in [3.05, 3.63) is 63.7 Å². The number of methoxy groups -OCH3 is 1. The first-order chi connectivity index (χ1) is 14.7. The highest BCUT2D eigenvalue weighted by Gasteiger charge is 2.18. The van der Waals surface area contributed by atoms with Crippen LogP contribution in [0.25, 0.3) is 6.08 Å². The van der Waals surface area contributed by atoms with Crippen molar-refractivity contribution in [3.63, 3.8) is 0 Å². The van der Waals surface area contributed by atoms with Crippen LogP contribution in [0, 0.1) is 3.57 Å². The van der Waals surface area contributed by atoms with Gasteiger partial charge in [-0.25, -0.2) is 0 Å². The molecule has 0 aliphatic carbocycles. The third-order valence-corrected chi connectivity index (χ3v) is 5.95. The zero-order valence-electron chi connectivity index (χ0n) is 17.5. The van der Waals surface area contributed by atoms with Gasteiger partial charge in [-0.1, -0.05) is 24.3 Å². The number of anilines is 1. The summed E-state index contributed by atoms with van der Waals surface area (Å²) in [5.74, 6) is 0.914. The zero-order valence-corrected chi connectivity index (χ0v) is 19.7. The van der Waals surface area contributed by atoms with Crippen LogP contribution in [0.2, 0.25) is 0 Å². The molecular formula is C24H30IN3O2. The van der Waals surface area contributed by atoms with Gasteiger partial charge in [0.15, 0.2) is 0 Å². The van der Waals surface area contributed by atoms with E-state index in [0.717, 1.165) is 63.4 Å². The third kappa shape index (κ3) is 7.02. The number of hydrogen-bond donors (Lipinski definition) is 1. The Labute approximate surface area is 193 Å². The van der Waals surface area contributed by atoms with Crippen LogP contribution < -0.4 is 15.0 Å². The molecule has 1 aliphatic rings. The highest BCUT2D eigenvalue weighted by Crippen LogP contribution is 2.28. The number of benzene rings is 2. The minimum absolute atomic E-state index is 0.0284. The number of carbonyl (C=O) groups is 1. The smallest absolute Gasteiger partial charge is 0.243 e. The molecule has 6 heteroatoms. The molecule has 1 aliphatic heterocycles. The van der Waals surface area contributed by atoms with Crippen molar-refractivity contribution in [2.75, 3.05) is 51.3 Å². The van der Waals surface area contributed by atoms with Crippen molar-refractivity contribution in [1.82, 2.24) is 10.2 Å². The lowest BCUT2D eigenvalue weighted by Gasteiger charge is -2.36. The Morgan fingerprint density at radius 3 is 2.67 bits per heavy atom. The lowest BCUT2D eigenvalue weighted by molar-refractivity contribution is -0.116. The molecule has 0 atom stereocenters. The molecule has 0 radical (unpaired) electrons. The molecule has 0 aromatic heterocycles. The minimum Gasteiger partial charge on any atom is -0.495 e. The van der Waals surface area contributed by atoms with Crippen LogP contribution in [-0.4, -0.2) is 57.2 Å². The summed E-state index contributed by atoms with van der Waals surface area (Å²) in [6.45, 7) is 5.94. The number of nitrogens with zero attached hydrogens (tertiary/aromatic N) is 2. The normalized spacial score (nSPS) is 14.8. The number of para-hydroxylation sites is 2. The van der Waals surface area contributed by atoms with Gasteiger partial charge in [0.25, 0.3) is 0 Å². The Kier molecular flexibility index (Phi) is 9.01. The lowest BCUT2D eigenvalue weighted by Crippen LogP contribution is -2.46. The molecule has 1 heterocycles. The first-order valence-corrected chi connectivity index (χ1v) is 11.6. The highest BCUT2D eigenvalue weighted by atomic mass is 127. The number of piperazine rings is 1. The lowest BCUT2D eigenvalue weighted by atomic mass is 10.2. The van der Waals surface area contributed by atoms with Crippen molar-refractivity contribution in [3.8, 4) is 5.75 Å². The Hall–Kier alpha value is -2.06. The predicted molar refractivity (Wildman–Crippen MR) is 132 cm³/mol. The molecule has 1 amide bonds. The number of unbranched alkanes of at least 4 members (excludes halogenated alkanes) is 1. The minimum atomic E-state index is -0.0284. The maximum absolute atomic E-state index is 12.0. The molecule has 0 bridgehead atoms. The van der Waals surface area contributed by atoms with Gasteiger partial charge in [-0.2, -0.15) is 0 Å². The summed E-state index contributed by atoms with van der Waals surface area (Å²) in [6.07, 6.45) is 5.56. The van der Waals surface area contributed by atoms with Gasteiger partial charge in [0.2, 0.25) is 5.91 Å². The summed E-state index contributed by atoms with van der Waals surface area (Å²) in [4.78, 5) is 16.9. The second-order valence-electron chi connectivity index (χ2n) is 7.39. The monoisotopic (exact) mass is 519 g/mol. The van der Waals surface area contributed by atoms with E-state index >= 15 is 0 Å².